The lowest BCUT2D eigenvalue weighted by Gasteiger charge is -2.37. The summed E-state index contributed by atoms with van der Waals surface area (Å²) in [5.41, 5.74) is -0.754. The van der Waals surface area contributed by atoms with Gasteiger partial charge in [0.2, 0.25) is 5.91 Å². The molecule has 0 aromatic carbocycles. The third-order valence-electron chi connectivity index (χ3n) is 4.12. The first kappa shape index (κ1) is 12.4. The minimum absolute atomic E-state index is 0.0562. The van der Waals surface area contributed by atoms with Gasteiger partial charge in [-0.2, -0.15) is 5.26 Å². The number of nitrogens with one attached hydrogen (secondary N) is 1. The number of methoxy groups -OCH3 is 1. The van der Waals surface area contributed by atoms with Gasteiger partial charge >= 0.3 is 0 Å². The van der Waals surface area contributed by atoms with Crippen molar-refractivity contribution in [2.24, 2.45) is 5.41 Å². The first-order valence-corrected chi connectivity index (χ1v) is 6.45. The van der Waals surface area contributed by atoms with E-state index in [1.54, 1.807) is 7.11 Å². The van der Waals surface area contributed by atoms with Crippen molar-refractivity contribution in [3.8, 4) is 6.07 Å². The van der Waals surface area contributed by atoms with Crippen LogP contribution in [-0.4, -0.2) is 25.2 Å². The molecule has 2 aliphatic carbocycles. The molecular formula is C13H20N2O2. The van der Waals surface area contributed by atoms with Gasteiger partial charge in [0.25, 0.3) is 0 Å². The molecule has 0 saturated heterocycles. The predicted molar refractivity (Wildman–Crippen MR) is 63.1 cm³/mol. The number of nitrogens with zero attached hydrogens (tertiary/aromatic N) is 1. The van der Waals surface area contributed by atoms with Gasteiger partial charge in [-0.3, -0.25) is 4.79 Å². The number of carbonyl (C=O) groups is 1. The van der Waals surface area contributed by atoms with E-state index in [-0.39, 0.29) is 18.1 Å². The zero-order valence-electron chi connectivity index (χ0n) is 10.4. The van der Waals surface area contributed by atoms with Crippen molar-refractivity contribution in [2.75, 3.05) is 7.11 Å². The number of nitriles is 1. The molecule has 4 heteroatoms. The van der Waals surface area contributed by atoms with Crippen LogP contribution in [0.2, 0.25) is 0 Å². The summed E-state index contributed by atoms with van der Waals surface area (Å²) in [5, 5.41) is 12.3. The van der Waals surface area contributed by atoms with Crippen molar-refractivity contribution in [3.63, 3.8) is 0 Å². The summed E-state index contributed by atoms with van der Waals surface area (Å²) in [5.74, 6) is -0.0562. The van der Waals surface area contributed by atoms with E-state index in [0.29, 0.717) is 0 Å². The molecule has 17 heavy (non-hydrogen) atoms. The van der Waals surface area contributed by atoms with E-state index in [0.717, 1.165) is 44.9 Å². The second-order valence-electron chi connectivity index (χ2n) is 5.25. The lowest BCUT2D eigenvalue weighted by Crippen LogP contribution is -2.52. The third-order valence-corrected chi connectivity index (χ3v) is 4.12. The molecule has 2 aliphatic rings. The van der Waals surface area contributed by atoms with Gasteiger partial charge in [0.05, 0.1) is 12.2 Å². The van der Waals surface area contributed by atoms with Crippen LogP contribution < -0.4 is 5.32 Å². The molecule has 94 valence electrons. The normalized spacial score (nSPS) is 31.1. The molecule has 0 aliphatic heterocycles. The monoisotopic (exact) mass is 236 g/mol. The third kappa shape index (κ3) is 2.44. The lowest BCUT2D eigenvalue weighted by molar-refractivity contribution is -0.132. The van der Waals surface area contributed by atoms with E-state index < -0.39 is 5.41 Å². The highest BCUT2D eigenvalue weighted by Crippen LogP contribution is 2.36. The van der Waals surface area contributed by atoms with Crippen molar-refractivity contribution in [2.45, 2.75) is 57.1 Å². The van der Waals surface area contributed by atoms with Crippen LogP contribution >= 0.6 is 0 Å². The summed E-state index contributed by atoms with van der Waals surface area (Å²) in [6.07, 6.45) is 6.61. The quantitative estimate of drug-likeness (QED) is 0.812. The fourth-order valence-corrected chi connectivity index (χ4v) is 2.74. The van der Waals surface area contributed by atoms with Crippen LogP contribution in [0.1, 0.15) is 44.9 Å². The van der Waals surface area contributed by atoms with Gasteiger partial charge in [-0.15, -0.1) is 0 Å². The van der Waals surface area contributed by atoms with Crippen molar-refractivity contribution in [3.05, 3.63) is 0 Å². The van der Waals surface area contributed by atoms with Crippen LogP contribution in [0.5, 0.6) is 0 Å². The van der Waals surface area contributed by atoms with Crippen LogP contribution in [0, 0.1) is 16.7 Å². The largest absolute Gasteiger partial charge is 0.381 e. The molecule has 0 atom stereocenters. The first-order valence-electron chi connectivity index (χ1n) is 6.45. The maximum atomic E-state index is 12.2. The number of hydrogen-bond acceptors (Lipinski definition) is 3. The molecule has 2 saturated carbocycles. The van der Waals surface area contributed by atoms with Crippen molar-refractivity contribution in [1.29, 1.82) is 5.26 Å². The van der Waals surface area contributed by atoms with Crippen molar-refractivity contribution >= 4 is 5.91 Å². The zero-order chi connectivity index (χ0) is 12.3. The van der Waals surface area contributed by atoms with E-state index in [1.807, 2.05) is 0 Å². The molecule has 2 fully saturated rings. The van der Waals surface area contributed by atoms with Gasteiger partial charge in [-0.25, -0.2) is 0 Å². The average Bonchev–Trinajstić information content (AvgIpc) is 2.33. The molecule has 1 N–H and O–H groups in total. The highest BCUT2D eigenvalue weighted by molar-refractivity contribution is 5.85. The minimum Gasteiger partial charge on any atom is -0.381 e. The van der Waals surface area contributed by atoms with Crippen LogP contribution in [0.4, 0.5) is 0 Å². The topological polar surface area (TPSA) is 62.1 Å². The van der Waals surface area contributed by atoms with Crippen molar-refractivity contribution < 1.29 is 9.53 Å². The summed E-state index contributed by atoms with van der Waals surface area (Å²) < 4.78 is 5.18. The Kier molecular flexibility index (Phi) is 3.68. The predicted octanol–water partition coefficient (Wildman–Crippen LogP) is 1.75. The zero-order valence-corrected chi connectivity index (χ0v) is 10.4. The minimum atomic E-state index is -0.754. The molecule has 0 spiro atoms. The smallest absolute Gasteiger partial charge is 0.240 e. The number of hydrogen-bond donors (Lipinski definition) is 1. The molecule has 2 rings (SSSR count). The number of carbonyl (C=O) groups excluding carboxylic acids is 1. The van der Waals surface area contributed by atoms with E-state index in [2.05, 4.69) is 11.4 Å². The summed E-state index contributed by atoms with van der Waals surface area (Å²) >= 11 is 0. The lowest BCUT2D eigenvalue weighted by atomic mass is 9.74. The van der Waals surface area contributed by atoms with Gasteiger partial charge in [0, 0.05) is 13.2 Å². The van der Waals surface area contributed by atoms with E-state index >= 15 is 0 Å². The Hall–Kier alpha value is -1.08. The van der Waals surface area contributed by atoms with Gasteiger partial charge in [0.1, 0.15) is 5.41 Å². The molecule has 0 unspecified atom stereocenters. The van der Waals surface area contributed by atoms with E-state index in [4.69, 9.17) is 4.74 Å². The SMILES string of the molecule is COC1CC(NC(=O)C2(C#N)CCCCC2)C1. The highest BCUT2D eigenvalue weighted by Gasteiger charge is 2.42. The second kappa shape index (κ2) is 5.05. The number of ether oxygens (including phenoxy) is 1. The molecule has 0 radical (unpaired) electrons. The maximum Gasteiger partial charge on any atom is 0.240 e. The second-order valence-corrected chi connectivity index (χ2v) is 5.25. The Morgan fingerprint density at radius 1 is 1.35 bits per heavy atom. The van der Waals surface area contributed by atoms with Gasteiger partial charge in [-0.05, 0) is 25.7 Å². The van der Waals surface area contributed by atoms with E-state index in [1.165, 1.54) is 0 Å². The molecule has 4 nitrogen and oxygen atoms in total. The highest BCUT2D eigenvalue weighted by atomic mass is 16.5. The average molecular weight is 236 g/mol. The molecule has 0 aromatic rings. The number of amides is 1. The van der Waals surface area contributed by atoms with Crippen LogP contribution in [0.25, 0.3) is 0 Å². The molecule has 0 heterocycles. The Bertz CT molecular complexity index is 323. The molecule has 0 bridgehead atoms. The van der Waals surface area contributed by atoms with Crippen LogP contribution in [0.3, 0.4) is 0 Å². The van der Waals surface area contributed by atoms with Crippen LogP contribution in [-0.2, 0) is 9.53 Å². The molecule has 1 amide bonds. The summed E-state index contributed by atoms with van der Waals surface area (Å²) in [4.78, 5) is 12.2. The molecular weight excluding hydrogens is 216 g/mol. The summed E-state index contributed by atoms with van der Waals surface area (Å²) in [7, 11) is 1.70. The fraction of sp³-hybridized carbons (Fsp3) is 0.846. The fourth-order valence-electron chi connectivity index (χ4n) is 2.74. The Labute approximate surface area is 102 Å². The Balaban J connectivity index is 1.88. The van der Waals surface area contributed by atoms with Crippen molar-refractivity contribution in [1.82, 2.24) is 5.32 Å². The number of rotatable bonds is 3. The Morgan fingerprint density at radius 2 is 2.00 bits per heavy atom. The molecule has 0 aromatic heterocycles. The van der Waals surface area contributed by atoms with Gasteiger partial charge in [0.15, 0.2) is 0 Å². The van der Waals surface area contributed by atoms with E-state index in [9.17, 15) is 10.1 Å². The maximum absolute atomic E-state index is 12.2. The van der Waals surface area contributed by atoms with Crippen LogP contribution in [0.15, 0.2) is 0 Å². The van der Waals surface area contributed by atoms with Gasteiger partial charge < -0.3 is 10.1 Å². The van der Waals surface area contributed by atoms with Gasteiger partial charge in [-0.1, -0.05) is 19.3 Å². The first-order chi connectivity index (χ1) is 8.20. The summed E-state index contributed by atoms with van der Waals surface area (Å²) in [6.45, 7) is 0. The summed E-state index contributed by atoms with van der Waals surface area (Å²) in [6, 6.07) is 2.46. The standard InChI is InChI=1S/C13H20N2O2/c1-17-11-7-10(8-11)15-12(16)13(9-14)5-3-2-4-6-13/h10-11H,2-8H2,1H3,(H,15,16). The Morgan fingerprint density at radius 3 is 2.53 bits per heavy atom.